The second kappa shape index (κ2) is 11.4. The molecular formula is C25H33N3O3. The standard InChI is InChI=1S/C25H33N3O3/c1-3-27(4-2)25(30)21-11-9-16-28(19-21)22-12-8-10-20(18-22)24(29)26-15-17-31-23-13-6-5-7-14-23/h5-8,10,12-14,18,21H,3-4,9,11,15-17,19H2,1-2H3,(H,26,29). The van der Waals surface area contributed by atoms with E-state index in [9.17, 15) is 9.59 Å². The number of carbonyl (C=O) groups excluding carboxylic acids is 2. The lowest BCUT2D eigenvalue weighted by atomic mass is 9.95. The molecule has 3 rings (SSSR count). The van der Waals surface area contributed by atoms with Gasteiger partial charge < -0.3 is 19.9 Å². The molecule has 1 aliphatic heterocycles. The van der Waals surface area contributed by atoms with E-state index in [0.717, 1.165) is 43.9 Å². The Morgan fingerprint density at radius 1 is 1.10 bits per heavy atom. The molecular weight excluding hydrogens is 390 g/mol. The minimum absolute atomic E-state index is 0.0151. The molecule has 0 spiro atoms. The molecule has 1 saturated heterocycles. The van der Waals surface area contributed by atoms with Crippen molar-refractivity contribution in [2.75, 3.05) is 44.2 Å². The van der Waals surface area contributed by atoms with Crippen LogP contribution >= 0.6 is 0 Å². The Morgan fingerprint density at radius 2 is 1.87 bits per heavy atom. The van der Waals surface area contributed by atoms with Crippen molar-refractivity contribution >= 4 is 17.5 Å². The van der Waals surface area contributed by atoms with Crippen molar-refractivity contribution in [2.24, 2.45) is 5.92 Å². The number of benzene rings is 2. The molecule has 0 radical (unpaired) electrons. The van der Waals surface area contributed by atoms with E-state index in [-0.39, 0.29) is 17.7 Å². The average molecular weight is 424 g/mol. The second-order valence-electron chi connectivity index (χ2n) is 7.76. The lowest BCUT2D eigenvalue weighted by molar-refractivity contribution is -0.135. The van der Waals surface area contributed by atoms with Crippen molar-refractivity contribution in [1.82, 2.24) is 10.2 Å². The van der Waals surface area contributed by atoms with E-state index >= 15 is 0 Å². The smallest absolute Gasteiger partial charge is 0.251 e. The van der Waals surface area contributed by atoms with Gasteiger partial charge in [-0.3, -0.25) is 9.59 Å². The first-order valence-electron chi connectivity index (χ1n) is 11.2. The molecule has 1 aliphatic rings. The van der Waals surface area contributed by atoms with Crippen LogP contribution in [0.25, 0.3) is 0 Å². The van der Waals surface area contributed by atoms with Crippen LogP contribution in [0.4, 0.5) is 5.69 Å². The van der Waals surface area contributed by atoms with Gasteiger partial charge in [-0.1, -0.05) is 24.3 Å². The number of amides is 2. The van der Waals surface area contributed by atoms with Gasteiger partial charge in [-0.05, 0) is 57.0 Å². The predicted octanol–water partition coefficient (Wildman–Crippen LogP) is 3.58. The summed E-state index contributed by atoms with van der Waals surface area (Å²) in [6, 6.07) is 17.2. The van der Waals surface area contributed by atoms with Gasteiger partial charge in [-0.2, -0.15) is 0 Å². The van der Waals surface area contributed by atoms with Crippen molar-refractivity contribution in [3.63, 3.8) is 0 Å². The normalized spacial score (nSPS) is 15.9. The quantitative estimate of drug-likeness (QED) is 0.627. The number of hydrogen-bond donors (Lipinski definition) is 1. The third-order valence-corrected chi connectivity index (χ3v) is 5.72. The number of nitrogens with zero attached hydrogens (tertiary/aromatic N) is 2. The maximum Gasteiger partial charge on any atom is 0.251 e. The summed E-state index contributed by atoms with van der Waals surface area (Å²) in [6.45, 7) is 7.98. The molecule has 1 N–H and O–H groups in total. The number of piperidine rings is 1. The van der Waals surface area contributed by atoms with Gasteiger partial charge >= 0.3 is 0 Å². The minimum Gasteiger partial charge on any atom is -0.492 e. The number of anilines is 1. The summed E-state index contributed by atoms with van der Waals surface area (Å²) in [6.07, 6.45) is 1.90. The van der Waals surface area contributed by atoms with E-state index in [4.69, 9.17) is 4.74 Å². The van der Waals surface area contributed by atoms with Gasteiger partial charge in [0.25, 0.3) is 5.91 Å². The first kappa shape index (κ1) is 22.7. The highest BCUT2D eigenvalue weighted by Gasteiger charge is 2.28. The fraction of sp³-hybridized carbons (Fsp3) is 0.440. The van der Waals surface area contributed by atoms with E-state index in [1.165, 1.54) is 0 Å². The molecule has 31 heavy (non-hydrogen) atoms. The summed E-state index contributed by atoms with van der Waals surface area (Å²) < 4.78 is 5.62. The average Bonchev–Trinajstić information content (AvgIpc) is 2.83. The molecule has 6 heteroatoms. The molecule has 2 aromatic rings. The highest BCUT2D eigenvalue weighted by Crippen LogP contribution is 2.25. The van der Waals surface area contributed by atoms with Crippen LogP contribution in [0.2, 0.25) is 0 Å². The van der Waals surface area contributed by atoms with Gasteiger partial charge in [0, 0.05) is 37.4 Å². The van der Waals surface area contributed by atoms with Crippen LogP contribution in [0.1, 0.15) is 37.0 Å². The lowest BCUT2D eigenvalue weighted by Crippen LogP contribution is -2.45. The Hall–Kier alpha value is -3.02. The van der Waals surface area contributed by atoms with Crippen molar-refractivity contribution in [2.45, 2.75) is 26.7 Å². The molecule has 1 heterocycles. The summed E-state index contributed by atoms with van der Waals surface area (Å²) in [5.74, 6) is 0.923. The Morgan fingerprint density at radius 3 is 2.61 bits per heavy atom. The number of para-hydroxylation sites is 1. The Balaban J connectivity index is 1.55. The van der Waals surface area contributed by atoms with Gasteiger partial charge in [0.15, 0.2) is 0 Å². The van der Waals surface area contributed by atoms with E-state index in [2.05, 4.69) is 10.2 Å². The van der Waals surface area contributed by atoms with Crippen molar-refractivity contribution < 1.29 is 14.3 Å². The number of rotatable bonds is 9. The van der Waals surface area contributed by atoms with Gasteiger partial charge in [-0.15, -0.1) is 0 Å². The van der Waals surface area contributed by atoms with Gasteiger partial charge in [-0.25, -0.2) is 0 Å². The fourth-order valence-corrected chi connectivity index (χ4v) is 4.00. The Bertz CT molecular complexity index is 852. The van der Waals surface area contributed by atoms with Crippen LogP contribution in [-0.4, -0.2) is 56.0 Å². The molecule has 0 aromatic heterocycles. The SMILES string of the molecule is CCN(CC)C(=O)C1CCCN(c2cccc(C(=O)NCCOc3ccccc3)c2)C1. The maximum atomic E-state index is 12.8. The number of carbonyl (C=O) groups is 2. The summed E-state index contributed by atoms with van der Waals surface area (Å²) >= 11 is 0. The van der Waals surface area contributed by atoms with Crippen LogP contribution < -0.4 is 15.0 Å². The van der Waals surface area contributed by atoms with Crippen molar-refractivity contribution in [3.05, 3.63) is 60.2 Å². The minimum atomic E-state index is -0.119. The zero-order valence-electron chi connectivity index (χ0n) is 18.5. The largest absolute Gasteiger partial charge is 0.492 e. The molecule has 6 nitrogen and oxygen atoms in total. The van der Waals surface area contributed by atoms with Crippen LogP contribution in [0, 0.1) is 5.92 Å². The number of ether oxygens (including phenoxy) is 1. The molecule has 2 aromatic carbocycles. The van der Waals surface area contributed by atoms with Gasteiger partial charge in [0.2, 0.25) is 5.91 Å². The summed E-state index contributed by atoms with van der Waals surface area (Å²) in [5, 5.41) is 2.91. The van der Waals surface area contributed by atoms with E-state index in [1.54, 1.807) is 0 Å². The lowest BCUT2D eigenvalue weighted by Gasteiger charge is -2.36. The van der Waals surface area contributed by atoms with Gasteiger partial charge in [0.1, 0.15) is 12.4 Å². The number of hydrogen-bond acceptors (Lipinski definition) is 4. The molecule has 1 fully saturated rings. The molecule has 0 aliphatic carbocycles. The molecule has 0 bridgehead atoms. The third-order valence-electron chi connectivity index (χ3n) is 5.72. The second-order valence-corrected chi connectivity index (χ2v) is 7.76. The fourth-order valence-electron chi connectivity index (χ4n) is 4.00. The number of nitrogens with one attached hydrogen (secondary N) is 1. The van der Waals surface area contributed by atoms with Gasteiger partial charge in [0.05, 0.1) is 12.5 Å². The zero-order valence-corrected chi connectivity index (χ0v) is 18.5. The first-order chi connectivity index (χ1) is 15.1. The Labute approximate surface area is 185 Å². The molecule has 2 amide bonds. The van der Waals surface area contributed by atoms with Crippen molar-refractivity contribution in [1.29, 1.82) is 0 Å². The molecule has 0 saturated carbocycles. The Kier molecular flexibility index (Phi) is 8.33. The molecule has 1 atom stereocenters. The first-order valence-corrected chi connectivity index (χ1v) is 11.2. The van der Waals surface area contributed by atoms with Crippen LogP contribution in [0.15, 0.2) is 54.6 Å². The van der Waals surface area contributed by atoms with E-state index in [1.807, 2.05) is 73.3 Å². The van der Waals surface area contributed by atoms with Crippen molar-refractivity contribution in [3.8, 4) is 5.75 Å². The van der Waals surface area contributed by atoms with Crippen LogP contribution in [0.3, 0.4) is 0 Å². The van der Waals surface area contributed by atoms with E-state index < -0.39 is 0 Å². The summed E-state index contributed by atoms with van der Waals surface area (Å²) in [7, 11) is 0. The topological polar surface area (TPSA) is 61.9 Å². The summed E-state index contributed by atoms with van der Waals surface area (Å²) in [5.41, 5.74) is 1.61. The maximum absolute atomic E-state index is 12.8. The molecule has 1 unspecified atom stereocenters. The molecule has 166 valence electrons. The predicted molar refractivity (Wildman–Crippen MR) is 124 cm³/mol. The van der Waals surface area contributed by atoms with E-state index in [0.29, 0.717) is 25.3 Å². The van der Waals surface area contributed by atoms with Crippen LogP contribution in [0.5, 0.6) is 5.75 Å². The third kappa shape index (κ3) is 6.23. The summed E-state index contributed by atoms with van der Waals surface area (Å²) in [4.78, 5) is 29.5. The highest BCUT2D eigenvalue weighted by atomic mass is 16.5. The highest BCUT2D eigenvalue weighted by molar-refractivity contribution is 5.95. The zero-order chi connectivity index (χ0) is 22.1. The monoisotopic (exact) mass is 423 g/mol. The van der Waals surface area contributed by atoms with Crippen LogP contribution in [-0.2, 0) is 4.79 Å².